The third-order valence-corrected chi connectivity index (χ3v) is 5.72. The Hall–Kier alpha value is -1.42. The maximum Gasteiger partial charge on any atom is 0.228 e. The number of rotatable bonds is 5. The Bertz CT molecular complexity index is 566. The summed E-state index contributed by atoms with van der Waals surface area (Å²) in [6.45, 7) is 7.93. The van der Waals surface area contributed by atoms with Gasteiger partial charge in [-0.25, -0.2) is 4.39 Å². The molecule has 126 valence electrons. The third kappa shape index (κ3) is 3.74. The molecule has 3 rings (SSSR count). The summed E-state index contributed by atoms with van der Waals surface area (Å²) in [6.07, 6.45) is 4.45. The molecule has 1 N–H and O–H groups in total. The van der Waals surface area contributed by atoms with Crippen molar-refractivity contribution in [1.82, 2.24) is 4.90 Å². The molecule has 0 aromatic heterocycles. The second-order valence-electron chi connectivity index (χ2n) is 7.43. The molecule has 1 aliphatic carbocycles. The number of benzene rings is 1. The van der Waals surface area contributed by atoms with E-state index in [-0.39, 0.29) is 23.1 Å². The molecule has 1 saturated carbocycles. The molecule has 2 unspecified atom stereocenters. The lowest BCUT2D eigenvalue weighted by Crippen LogP contribution is -2.38. The number of hydrogen-bond donors (Lipinski definition) is 1. The van der Waals surface area contributed by atoms with Crippen molar-refractivity contribution in [3.63, 3.8) is 0 Å². The lowest BCUT2D eigenvalue weighted by molar-refractivity contribution is -0.118. The van der Waals surface area contributed by atoms with Crippen LogP contribution in [0, 0.1) is 23.1 Å². The molecule has 0 radical (unpaired) electrons. The monoisotopic (exact) mass is 318 g/mol. The number of carbonyl (C=O) groups excluding carboxylic acids is 1. The van der Waals surface area contributed by atoms with Gasteiger partial charge in [-0.2, -0.15) is 0 Å². The van der Waals surface area contributed by atoms with Crippen molar-refractivity contribution in [3.05, 3.63) is 30.1 Å². The fraction of sp³-hybridized carbons (Fsp3) is 0.632. The van der Waals surface area contributed by atoms with Gasteiger partial charge in [-0.1, -0.05) is 26.3 Å². The highest BCUT2D eigenvalue weighted by Gasteiger charge is 2.58. The van der Waals surface area contributed by atoms with Crippen LogP contribution >= 0.6 is 0 Å². The number of anilines is 1. The van der Waals surface area contributed by atoms with Crippen molar-refractivity contribution in [2.24, 2.45) is 17.3 Å². The van der Waals surface area contributed by atoms with Gasteiger partial charge in [0, 0.05) is 18.2 Å². The van der Waals surface area contributed by atoms with Crippen molar-refractivity contribution in [3.8, 4) is 0 Å². The minimum atomic E-state index is -0.313. The van der Waals surface area contributed by atoms with Crippen molar-refractivity contribution in [2.75, 3.05) is 25.0 Å². The van der Waals surface area contributed by atoms with Crippen LogP contribution in [0.25, 0.3) is 0 Å². The summed E-state index contributed by atoms with van der Waals surface area (Å²) in [6, 6.07) is 6.13. The van der Waals surface area contributed by atoms with E-state index in [2.05, 4.69) is 24.1 Å². The second kappa shape index (κ2) is 6.60. The maximum absolute atomic E-state index is 13.2. The van der Waals surface area contributed by atoms with E-state index >= 15 is 0 Å². The summed E-state index contributed by atoms with van der Waals surface area (Å²) < 4.78 is 13.2. The van der Waals surface area contributed by atoms with Gasteiger partial charge >= 0.3 is 0 Å². The smallest absolute Gasteiger partial charge is 0.228 e. The van der Waals surface area contributed by atoms with Crippen LogP contribution in [0.4, 0.5) is 10.1 Å². The Kier molecular flexibility index (Phi) is 4.72. The Balaban J connectivity index is 1.50. The van der Waals surface area contributed by atoms with E-state index in [1.165, 1.54) is 25.1 Å². The van der Waals surface area contributed by atoms with E-state index in [4.69, 9.17) is 0 Å². The van der Waals surface area contributed by atoms with Crippen LogP contribution in [-0.2, 0) is 4.79 Å². The van der Waals surface area contributed by atoms with E-state index < -0.39 is 0 Å². The van der Waals surface area contributed by atoms with Crippen molar-refractivity contribution >= 4 is 11.6 Å². The number of hydrogen-bond acceptors (Lipinski definition) is 2. The quantitative estimate of drug-likeness (QED) is 0.892. The van der Waals surface area contributed by atoms with Crippen molar-refractivity contribution < 1.29 is 9.18 Å². The van der Waals surface area contributed by atoms with Crippen LogP contribution in [0.1, 0.15) is 39.5 Å². The largest absolute Gasteiger partial charge is 0.326 e. The Morgan fingerprint density at radius 3 is 2.83 bits per heavy atom. The topological polar surface area (TPSA) is 32.3 Å². The zero-order chi connectivity index (χ0) is 16.4. The van der Waals surface area contributed by atoms with E-state index in [1.54, 1.807) is 12.1 Å². The lowest BCUT2D eigenvalue weighted by Gasteiger charge is -2.34. The first kappa shape index (κ1) is 16.4. The summed E-state index contributed by atoms with van der Waals surface area (Å²) in [5.74, 6) is 0.601. The number of halogens is 1. The summed E-state index contributed by atoms with van der Waals surface area (Å²) >= 11 is 0. The number of piperidine rings is 1. The van der Waals surface area contributed by atoms with Gasteiger partial charge in [-0.3, -0.25) is 4.79 Å². The standard InChI is InChI=1S/C19H27FN2O/c1-3-14(2)13-22-9-7-19(8-10-22)12-17(19)18(23)21-16-6-4-5-15(20)11-16/h4-6,11,14,17H,3,7-10,12-13H2,1-2H3,(H,21,23). The first-order chi connectivity index (χ1) is 11.0. The minimum Gasteiger partial charge on any atom is -0.326 e. The highest BCUT2D eigenvalue weighted by molar-refractivity contribution is 5.95. The molecule has 3 nitrogen and oxygen atoms in total. The van der Waals surface area contributed by atoms with E-state index in [0.717, 1.165) is 38.3 Å². The summed E-state index contributed by atoms with van der Waals surface area (Å²) in [5, 5.41) is 2.88. The van der Waals surface area contributed by atoms with E-state index in [0.29, 0.717) is 5.69 Å². The van der Waals surface area contributed by atoms with Gasteiger partial charge in [0.15, 0.2) is 0 Å². The van der Waals surface area contributed by atoms with Crippen molar-refractivity contribution in [2.45, 2.75) is 39.5 Å². The molecule has 1 heterocycles. The summed E-state index contributed by atoms with van der Waals surface area (Å²) in [7, 11) is 0. The lowest BCUT2D eigenvalue weighted by atomic mass is 9.90. The van der Waals surface area contributed by atoms with Gasteiger partial charge < -0.3 is 10.2 Å². The molecule has 1 saturated heterocycles. The number of carbonyl (C=O) groups is 1. The molecule has 1 aliphatic heterocycles. The van der Waals surface area contributed by atoms with Crippen LogP contribution in [0.2, 0.25) is 0 Å². The van der Waals surface area contributed by atoms with Crippen molar-refractivity contribution in [1.29, 1.82) is 0 Å². The molecule has 1 aromatic carbocycles. The molecule has 4 heteroatoms. The van der Waals surface area contributed by atoms with Gasteiger partial charge in [0.1, 0.15) is 5.82 Å². The predicted octanol–water partition coefficient (Wildman–Crippen LogP) is 3.91. The SMILES string of the molecule is CCC(C)CN1CCC2(CC1)CC2C(=O)Nc1cccc(F)c1. The van der Waals surface area contributed by atoms with Gasteiger partial charge in [0.05, 0.1) is 0 Å². The first-order valence-corrected chi connectivity index (χ1v) is 8.81. The third-order valence-electron chi connectivity index (χ3n) is 5.72. The number of amides is 1. The van der Waals surface area contributed by atoms with E-state index in [9.17, 15) is 9.18 Å². The molecule has 1 spiro atoms. The van der Waals surface area contributed by atoms with E-state index in [1.807, 2.05) is 0 Å². The maximum atomic E-state index is 13.2. The highest BCUT2D eigenvalue weighted by atomic mass is 19.1. The Morgan fingerprint density at radius 2 is 2.17 bits per heavy atom. The second-order valence-corrected chi connectivity index (χ2v) is 7.43. The van der Waals surface area contributed by atoms with Crippen LogP contribution in [0.15, 0.2) is 24.3 Å². The molecule has 2 aliphatic rings. The molecule has 2 fully saturated rings. The molecule has 23 heavy (non-hydrogen) atoms. The molecule has 1 aromatic rings. The number of likely N-dealkylation sites (tertiary alicyclic amines) is 1. The van der Waals surface area contributed by atoms with Gasteiger partial charge in [-0.05, 0) is 61.9 Å². The first-order valence-electron chi connectivity index (χ1n) is 8.81. The van der Waals surface area contributed by atoms with Gasteiger partial charge in [-0.15, -0.1) is 0 Å². The normalized spacial score (nSPS) is 24.4. The zero-order valence-corrected chi connectivity index (χ0v) is 14.1. The molecular weight excluding hydrogens is 291 g/mol. The van der Waals surface area contributed by atoms with Gasteiger partial charge in [0.2, 0.25) is 5.91 Å². The minimum absolute atomic E-state index is 0.0611. The zero-order valence-electron chi connectivity index (χ0n) is 14.1. The van der Waals surface area contributed by atoms with Gasteiger partial charge in [0.25, 0.3) is 0 Å². The average molecular weight is 318 g/mol. The molecule has 2 atom stereocenters. The summed E-state index contributed by atoms with van der Waals surface area (Å²) in [4.78, 5) is 15.0. The number of nitrogens with one attached hydrogen (secondary N) is 1. The predicted molar refractivity (Wildman–Crippen MR) is 90.7 cm³/mol. The van der Waals surface area contributed by atoms with Crippen LogP contribution in [0.5, 0.6) is 0 Å². The summed E-state index contributed by atoms with van der Waals surface area (Å²) in [5.41, 5.74) is 0.773. The van der Waals surface area contributed by atoms with Crippen LogP contribution in [-0.4, -0.2) is 30.4 Å². The Labute approximate surface area is 138 Å². The average Bonchev–Trinajstić information content (AvgIpc) is 3.24. The molecule has 1 amide bonds. The fourth-order valence-corrected chi connectivity index (χ4v) is 3.82. The molecule has 0 bridgehead atoms. The number of nitrogens with zero attached hydrogens (tertiary/aromatic N) is 1. The fourth-order valence-electron chi connectivity index (χ4n) is 3.82. The highest BCUT2D eigenvalue weighted by Crippen LogP contribution is 2.59. The van der Waals surface area contributed by atoms with Crippen LogP contribution < -0.4 is 5.32 Å². The molecular formula is C19H27FN2O. The van der Waals surface area contributed by atoms with Crippen LogP contribution in [0.3, 0.4) is 0 Å². The Morgan fingerprint density at radius 1 is 1.43 bits per heavy atom.